The first kappa shape index (κ1) is 18.8. The first-order valence-electron chi connectivity index (χ1n) is 8.63. The first-order chi connectivity index (χ1) is 12.0. The number of amides is 1. The van der Waals surface area contributed by atoms with E-state index in [2.05, 4.69) is 11.5 Å². The van der Waals surface area contributed by atoms with E-state index in [1.165, 1.54) is 16.7 Å². The van der Waals surface area contributed by atoms with E-state index in [1.54, 1.807) is 11.8 Å². The normalized spacial score (nSPS) is 28.7. The van der Waals surface area contributed by atoms with E-state index in [0.29, 0.717) is 11.7 Å². The minimum atomic E-state index is -1.06. The van der Waals surface area contributed by atoms with Gasteiger partial charge in [-0.15, -0.1) is 18.3 Å². The molecule has 0 unspecified atom stereocenters. The van der Waals surface area contributed by atoms with Crippen molar-refractivity contribution in [3.05, 3.63) is 22.6 Å². The fraction of sp³-hybridized carbons (Fsp3) is 0.647. The second-order valence-corrected chi connectivity index (χ2v) is 9.26. The highest BCUT2D eigenvalue weighted by atomic mass is 32.2. The van der Waals surface area contributed by atoms with Crippen LogP contribution in [0.1, 0.15) is 26.2 Å². The highest BCUT2D eigenvalue weighted by Gasteiger charge is 2.58. The second-order valence-electron chi connectivity index (χ2n) is 6.57. The van der Waals surface area contributed by atoms with Crippen molar-refractivity contribution >= 4 is 35.4 Å². The number of hydrogen-bond acceptors (Lipinski definition) is 6. The van der Waals surface area contributed by atoms with Crippen LogP contribution in [-0.4, -0.2) is 68.3 Å². The SMILES string of the molecule is C=CCN1CCC(SC2=C(C(=O)O)N3C(=O)[C@@H]([C@@H](O)CC)[C@H]3S2)CC1. The molecule has 0 aromatic heterocycles. The lowest BCUT2D eigenvalue weighted by molar-refractivity contribution is -0.157. The molecule has 2 N–H and O–H groups in total. The Kier molecular flexibility index (Phi) is 5.82. The summed E-state index contributed by atoms with van der Waals surface area (Å²) in [5.41, 5.74) is 0.109. The van der Waals surface area contributed by atoms with Crippen LogP contribution in [-0.2, 0) is 9.59 Å². The Morgan fingerprint density at radius 2 is 2.16 bits per heavy atom. The molecule has 1 amide bonds. The third-order valence-corrected chi connectivity index (χ3v) is 7.92. The number of nitrogens with zero attached hydrogens (tertiary/aromatic N) is 2. The molecule has 3 rings (SSSR count). The number of fused-ring (bicyclic) bond motifs is 1. The van der Waals surface area contributed by atoms with E-state index < -0.39 is 18.0 Å². The number of hydrogen-bond donors (Lipinski definition) is 2. The Morgan fingerprint density at radius 1 is 1.48 bits per heavy atom. The van der Waals surface area contributed by atoms with Crippen LogP contribution in [0.3, 0.4) is 0 Å². The van der Waals surface area contributed by atoms with Gasteiger partial charge in [0.25, 0.3) is 0 Å². The number of aliphatic hydroxyl groups is 1. The number of carbonyl (C=O) groups excluding carboxylic acids is 1. The van der Waals surface area contributed by atoms with Gasteiger partial charge in [-0.1, -0.05) is 24.8 Å². The summed E-state index contributed by atoms with van der Waals surface area (Å²) in [7, 11) is 0. The number of β-lactam (4-membered cyclic amide) rings is 1. The Balaban J connectivity index is 1.68. The number of thioether (sulfide) groups is 2. The van der Waals surface area contributed by atoms with Crippen LogP contribution in [0.5, 0.6) is 0 Å². The lowest BCUT2D eigenvalue weighted by Gasteiger charge is -2.44. The summed E-state index contributed by atoms with van der Waals surface area (Å²) in [4.78, 5) is 27.8. The van der Waals surface area contributed by atoms with Crippen LogP contribution in [0, 0.1) is 5.92 Å². The third kappa shape index (κ3) is 3.49. The van der Waals surface area contributed by atoms with Gasteiger partial charge in [-0.25, -0.2) is 4.79 Å². The zero-order valence-electron chi connectivity index (χ0n) is 14.3. The Bertz CT molecular complexity index is 601. The average Bonchev–Trinajstić information content (AvgIpc) is 2.91. The van der Waals surface area contributed by atoms with Gasteiger partial charge in [0.2, 0.25) is 5.91 Å². The van der Waals surface area contributed by atoms with Crippen LogP contribution >= 0.6 is 23.5 Å². The van der Waals surface area contributed by atoms with Gasteiger partial charge in [-0.3, -0.25) is 14.6 Å². The number of carboxylic acids is 1. The van der Waals surface area contributed by atoms with Crippen molar-refractivity contribution in [2.24, 2.45) is 5.92 Å². The molecular formula is C17H24N2O4S2. The molecule has 138 valence electrons. The predicted molar refractivity (Wildman–Crippen MR) is 99.9 cm³/mol. The summed E-state index contributed by atoms with van der Waals surface area (Å²) < 4.78 is 0.721. The van der Waals surface area contributed by atoms with Crippen molar-refractivity contribution in [3.8, 4) is 0 Å². The summed E-state index contributed by atoms with van der Waals surface area (Å²) in [5, 5.41) is 19.7. The summed E-state index contributed by atoms with van der Waals surface area (Å²) >= 11 is 3.02. The molecule has 3 aliphatic rings. The van der Waals surface area contributed by atoms with Crippen LogP contribution in [0.25, 0.3) is 0 Å². The lowest BCUT2D eigenvalue weighted by Crippen LogP contribution is -2.61. The molecule has 3 aliphatic heterocycles. The monoisotopic (exact) mass is 384 g/mol. The van der Waals surface area contributed by atoms with Crippen LogP contribution < -0.4 is 0 Å². The van der Waals surface area contributed by atoms with E-state index in [1.807, 2.05) is 13.0 Å². The Morgan fingerprint density at radius 3 is 2.72 bits per heavy atom. The topological polar surface area (TPSA) is 81.1 Å². The molecule has 2 saturated heterocycles. The molecule has 0 saturated carbocycles. The second kappa shape index (κ2) is 7.73. The molecule has 0 aromatic carbocycles. The van der Waals surface area contributed by atoms with Crippen LogP contribution in [0.15, 0.2) is 22.6 Å². The maximum absolute atomic E-state index is 12.3. The van der Waals surface area contributed by atoms with Gasteiger partial charge in [0.15, 0.2) is 5.70 Å². The Labute approximate surface area is 156 Å². The van der Waals surface area contributed by atoms with E-state index >= 15 is 0 Å². The highest BCUT2D eigenvalue weighted by molar-refractivity contribution is 8.23. The number of aliphatic hydroxyl groups excluding tert-OH is 1. The molecule has 25 heavy (non-hydrogen) atoms. The number of likely N-dealkylation sites (tertiary alicyclic amines) is 1. The van der Waals surface area contributed by atoms with Crippen LogP contribution in [0.4, 0.5) is 0 Å². The van der Waals surface area contributed by atoms with Gasteiger partial charge >= 0.3 is 5.97 Å². The number of aliphatic carboxylic acids is 1. The van der Waals surface area contributed by atoms with Gasteiger partial charge in [0.1, 0.15) is 5.37 Å². The minimum Gasteiger partial charge on any atom is -0.477 e. The number of piperidine rings is 1. The van der Waals surface area contributed by atoms with Crippen molar-refractivity contribution in [3.63, 3.8) is 0 Å². The van der Waals surface area contributed by atoms with E-state index in [4.69, 9.17) is 0 Å². The molecule has 3 atom stereocenters. The van der Waals surface area contributed by atoms with Gasteiger partial charge < -0.3 is 10.2 Å². The Hall–Kier alpha value is -0.960. The number of carboxylic acid groups (broad SMARTS) is 1. The van der Waals surface area contributed by atoms with Gasteiger partial charge in [0.05, 0.1) is 16.3 Å². The highest BCUT2D eigenvalue weighted by Crippen LogP contribution is 2.55. The summed E-state index contributed by atoms with van der Waals surface area (Å²) in [5.74, 6) is -1.81. The predicted octanol–water partition coefficient (Wildman–Crippen LogP) is 1.93. The van der Waals surface area contributed by atoms with Gasteiger partial charge in [-0.05, 0) is 32.4 Å². The van der Waals surface area contributed by atoms with Gasteiger partial charge in [0, 0.05) is 11.8 Å². The molecular weight excluding hydrogens is 360 g/mol. The summed E-state index contributed by atoms with van der Waals surface area (Å²) in [6.07, 6.45) is 3.68. The van der Waals surface area contributed by atoms with Gasteiger partial charge in [-0.2, -0.15) is 0 Å². The molecule has 0 spiro atoms. The van der Waals surface area contributed by atoms with Crippen molar-refractivity contribution in [1.29, 1.82) is 0 Å². The quantitative estimate of drug-likeness (QED) is 0.513. The maximum Gasteiger partial charge on any atom is 0.354 e. The van der Waals surface area contributed by atoms with E-state index in [0.717, 1.165) is 36.7 Å². The molecule has 0 radical (unpaired) electrons. The molecule has 3 heterocycles. The molecule has 8 heteroatoms. The molecule has 0 bridgehead atoms. The summed E-state index contributed by atoms with van der Waals surface area (Å²) in [6.45, 7) is 8.44. The average molecular weight is 385 g/mol. The number of rotatable bonds is 7. The maximum atomic E-state index is 12.3. The van der Waals surface area contributed by atoms with Crippen molar-refractivity contribution in [2.45, 2.75) is 42.9 Å². The lowest BCUT2D eigenvalue weighted by atomic mass is 9.90. The standard InChI is InChI=1S/C17H24N2O4S2/c1-3-7-18-8-5-10(6-9-18)24-17-13(16(22)23)19-14(21)12(11(20)4-2)15(19)25-17/h3,10-12,15,20H,1,4-9H2,2H3,(H,22,23)/t11-,12+,15+/m0/s1. The van der Waals surface area contributed by atoms with Crippen molar-refractivity contribution in [1.82, 2.24) is 9.80 Å². The smallest absolute Gasteiger partial charge is 0.354 e. The zero-order valence-corrected chi connectivity index (χ0v) is 15.9. The van der Waals surface area contributed by atoms with E-state index in [9.17, 15) is 19.8 Å². The largest absolute Gasteiger partial charge is 0.477 e. The van der Waals surface area contributed by atoms with Crippen molar-refractivity contribution in [2.75, 3.05) is 19.6 Å². The first-order valence-corrected chi connectivity index (χ1v) is 10.4. The van der Waals surface area contributed by atoms with Crippen molar-refractivity contribution < 1.29 is 19.8 Å². The minimum absolute atomic E-state index is 0.109. The van der Waals surface area contributed by atoms with E-state index in [-0.39, 0.29) is 17.0 Å². The number of carbonyl (C=O) groups is 2. The third-order valence-electron chi connectivity index (χ3n) is 4.98. The fourth-order valence-corrected chi connectivity index (χ4v) is 6.79. The zero-order chi connectivity index (χ0) is 18.1. The van der Waals surface area contributed by atoms with Crippen LogP contribution in [0.2, 0.25) is 0 Å². The fourth-order valence-electron chi connectivity index (χ4n) is 3.54. The molecule has 2 fully saturated rings. The summed E-state index contributed by atoms with van der Waals surface area (Å²) in [6, 6.07) is 0. The molecule has 0 aromatic rings. The molecule has 0 aliphatic carbocycles. The molecule has 6 nitrogen and oxygen atoms in total.